The monoisotopic (exact) mass is 208 g/mol. The van der Waals surface area contributed by atoms with Crippen molar-refractivity contribution in [2.75, 3.05) is 0 Å². The van der Waals surface area contributed by atoms with E-state index in [-0.39, 0.29) is 6.42 Å². The maximum Gasteiger partial charge on any atom is 0.248 e. The summed E-state index contributed by atoms with van der Waals surface area (Å²) in [6, 6.07) is 5.70. The van der Waals surface area contributed by atoms with E-state index in [1.807, 2.05) is 0 Å². The minimum Gasteiger partial charge on any atom is -0.544 e. The molecule has 80 valence electrons. The molecule has 0 spiro atoms. The molecule has 0 saturated carbocycles. The summed E-state index contributed by atoms with van der Waals surface area (Å²) in [5, 5.41) is 10.5. The second kappa shape index (κ2) is 4.56. The molecule has 1 aromatic rings. The molecule has 1 aromatic carbocycles. The summed E-state index contributed by atoms with van der Waals surface area (Å²) in [4.78, 5) is 21.5. The second-order valence-electron chi connectivity index (χ2n) is 3.24. The number of nitrogens with two attached hydrogens (primary N) is 1. The van der Waals surface area contributed by atoms with Crippen LogP contribution >= 0.6 is 0 Å². The first-order valence-electron chi connectivity index (χ1n) is 4.44. The van der Waals surface area contributed by atoms with Crippen LogP contribution < -0.4 is 16.6 Å². The Labute approximate surface area is 86.7 Å². The highest BCUT2D eigenvalue weighted by atomic mass is 16.4. The molecule has 0 saturated heterocycles. The minimum atomic E-state index is -1.24. The predicted molar refractivity (Wildman–Crippen MR) is 50.3 cm³/mol. The Bertz CT molecular complexity index is 390. The maximum absolute atomic E-state index is 11.0. The van der Waals surface area contributed by atoms with E-state index >= 15 is 0 Å². The fourth-order valence-electron chi connectivity index (χ4n) is 1.29. The number of carbonyl (C=O) groups is 2. The summed E-state index contributed by atoms with van der Waals surface area (Å²) in [6.07, 6.45) is 0.140. The molecular formula is C10H12N2O3. The molecule has 5 nitrogen and oxygen atoms in total. The number of hydrogen-bond donors (Lipinski definition) is 2. The van der Waals surface area contributed by atoms with Crippen LogP contribution in [0.25, 0.3) is 0 Å². The molecule has 15 heavy (non-hydrogen) atoms. The van der Waals surface area contributed by atoms with Crippen molar-refractivity contribution in [2.24, 2.45) is 5.73 Å². The maximum atomic E-state index is 11.0. The van der Waals surface area contributed by atoms with E-state index in [1.165, 1.54) is 0 Å². The number of primary amides is 1. The van der Waals surface area contributed by atoms with Gasteiger partial charge in [0.1, 0.15) is 6.04 Å². The number of amides is 1. The first-order valence-corrected chi connectivity index (χ1v) is 4.44. The van der Waals surface area contributed by atoms with Gasteiger partial charge in [0, 0.05) is 12.0 Å². The zero-order valence-electron chi connectivity index (χ0n) is 8.10. The SMILES string of the molecule is NC(=O)c1ccccc1C[C@@H]([NH3+])C(=O)[O-]. The van der Waals surface area contributed by atoms with Crippen molar-refractivity contribution in [1.29, 1.82) is 0 Å². The van der Waals surface area contributed by atoms with Crippen LogP contribution in [0, 0.1) is 0 Å². The highest BCUT2D eigenvalue weighted by Crippen LogP contribution is 2.09. The summed E-state index contributed by atoms with van der Waals surface area (Å²) >= 11 is 0. The Morgan fingerprint density at radius 3 is 2.53 bits per heavy atom. The lowest BCUT2D eigenvalue weighted by molar-refractivity contribution is -0.437. The van der Waals surface area contributed by atoms with Crippen molar-refractivity contribution in [3.05, 3.63) is 35.4 Å². The lowest BCUT2D eigenvalue weighted by Crippen LogP contribution is -2.69. The minimum absolute atomic E-state index is 0.140. The van der Waals surface area contributed by atoms with Crippen LogP contribution in [0.4, 0.5) is 0 Å². The zero-order chi connectivity index (χ0) is 11.4. The third-order valence-electron chi connectivity index (χ3n) is 2.08. The molecule has 0 aromatic heterocycles. The van der Waals surface area contributed by atoms with Gasteiger partial charge in [0.2, 0.25) is 5.91 Å². The van der Waals surface area contributed by atoms with E-state index in [9.17, 15) is 14.7 Å². The summed E-state index contributed by atoms with van der Waals surface area (Å²) < 4.78 is 0. The van der Waals surface area contributed by atoms with Crippen molar-refractivity contribution in [3.8, 4) is 0 Å². The third-order valence-corrected chi connectivity index (χ3v) is 2.08. The lowest BCUT2D eigenvalue weighted by Gasteiger charge is -2.11. The molecule has 0 fully saturated rings. The number of aliphatic carboxylic acids is 1. The van der Waals surface area contributed by atoms with Gasteiger partial charge in [0.05, 0.1) is 5.97 Å². The molecule has 5 N–H and O–H groups in total. The van der Waals surface area contributed by atoms with Crippen LogP contribution in [-0.4, -0.2) is 17.9 Å². The molecule has 5 heteroatoms. The standard InChI is InChI=1S/C10H12N2O3/c11-8(10(14)15)5-6-3-1-2-4-7(6)9(12)13/h1-4,8H,5,11H2,(H2,12,13)(H,14,15)/t8-/m1/s1. The van der Waals surface area contributed by atoms with E-state index in [0.717, 1.165) is 0 Å². The van der Waals surface area contributed by atoms with Crippen molar-refractivity contribution in [1.82, 2.24) is 0 Å². The van der Waals surface area contributed by atoms with Crippen LogP contribution in [0.2, 0.25) is 0 Å². The molecule has 0 bridgehead atoms. The van der Waals surface area contributed by atoms with Crippen molar-refractivity contribution < 1.29 is 20.4 Å². The number of carboxylic acid groups (broad SMARTS) is 1. The quantitative estimate of drug-likeness (QED) is 0.579. The van der Waals surface area contributed by atoms with Crippen LogP contribution in [0.15, 0.2) is 24.3 Å². The first-order chi connectivity index (χ1) is 7.02. The Kier molecular flexibility index (Phi) is 3.41. The fourth-order valence-corrected chi connectivity index (χ4v) is 1.29. The number of carbonyl (C=O) groups excluding carboxylic acids is 2. The van der Waals surface area contributed by atoms with Gasteiger partial charge in [0.25, 0.3) is 0 Å². The molecule has 0 heterocycles. The third kappa shape index (κ3) is 2.78. The average molecular weight is 208 g/mol. The van der Waals surface area contributed by atoms with E-state index in [0.29, 0.717) is 11.1 Å². The molecule has 0 aliphatic heterocycles. The smallest absolute Gasteiger partial charge is 0.248 e. The molecule has 1 amide bonds. The number of benzene rings is 1. The highest BCUT2D eigenvalue weighted by molar-refractivity contribution is 5.94. The molecule has 0 radical (unpaired) electrons. The molecule has 1 atom stereocenters. The van der Waals surface area contributed by atoms with Crippen LogP contribution in [0.1, 0.15) is 15.9 Å². The van der Waals surface area contributed by atoms with E-state index in [4.69, 9.17) is 5.73 Å². The van der Waals surface area contributed by atoms with Gasteiger partial charge in [-0.1, -0.05) is 18.2 Å². The van der Waals surface area contributed by atoms with Gasteiger partial charge in [-0.2, -0.15) is 0 Å². The Morgan fingerprint density at radius 2 is 2.00 bits per heavy atom. The highest BCUT2D eigenvalue weighted by Gasteiger charge is 2.13. The molecule has 1 rings (SSSR count). The summed E-state index contributed by atoms with van der Waals surface area (Å²) in [6.45, 7) is 0. The van der Waals surface area contributed by atoms with Crippen molar-refractivity contribution >= 4 is 11.9 Å². The lowest BCUT2D eigenvalue weighted by atomic mass is 10.0. The predicted octanol–water partition coefficient (Wildman–Crippen LogP) is -2.31. The zero-order valence-corrected chi connectivity index (χ0v) is 8.10. The molecule has 0 aliphatic rings. The average Bonchev–Trinajstić information content (AvgIpc) is 2.18. The summed E-state index contributed by atoms with van der Waals surface area (Å²) in [5.74, 6) is -1.81. The van der Waals surface area contributed by atoms with Gasteiger partial charge in [-0.15, -0.1) is 0 Å². The van der Waals surface area contributed by atoms with Crippen molar-refractivity contribution in [3.63, 3.8) is 0 Å². The topological polar surface area (TPSA) is 111 Å². The largest absolute Gasteiger partial charge is 0.544 e. The molecular weight excluding hydrogens is 196 g/mol. The number of hydrogen-bond acceptors (Lipinski definition) is 3. The van der Waals surface area contributed by atoms with Gasteiger partial charge in [-0.3, -0.25) is 4.79 Å². The first kappa shape index (κ1) is 11.2. The summed E-state index contributed by atoms with van der Waals surface area (Å²) in [5.41, 5.74) is 9.47. The Hall–Kier alpha value is -1.88. The second-order valence-corrected chi connectivity index (χ2v) is 3.24. The normalized spacial score (nSPS) is 12.1. The fraction of sp³-hybridized carbons (Fsp3) is 0.200. The number of carboxylic acids is 1. The van der Waals surface area contributed by atoms with Crippen molar-refractivity contribution in [2.45, 2.75) is 12.5 Å². The van der Waals surface area contributed by atoms with Crippen LogP contribution in [-0.2, 0) is 11.2 Å². The van der Waals surface area contributed by atoms with Crippen LogP contribution in [0.5, 0.6) is 0 Å². The van der Waals surface area contributed by atoms with Gasteiger partial charge in [-0.05, 0) is 11.6 Å². The molecule has 0 unspecified atom stereocenters. The van der Waals surface area contributed by atoms with Gasteiger partial charge in [-0.25, -0.2) is 0 Å². The Morgan fingerprint density at radius 1 is 1.40 bits per heavy atom. The van der Waals surface area contributed by atoms with E-state index in [1.54, 1.807) is 24.3 Å². The van der Waals surface area contributed by atoms with Gasteiger partial charge < -0.3 is 21.4 Å². The summed E-state index contributed by atoms with van der Waals surface area (Å²) in [7, 11) is 0. The van der Waals surface area contributed by atoms with Gasteiger partial charge >= 0.3 is 0 Å². The molecule has 0 aliphatic carbocycles. The van der Waals surface area contributed by atoms with E-state index in [2.05, 4.69) is 5.73 Å². The van der Waals surface area contributed by atoms with E-state index < -0.39 is 17.9 Å². The number of rotatable bonds is 4. The van der Waals surface area contributed by atoms with Gasteiger partial charge in [0.15, 0.2) is 0 Å². The van der Waals surface area contributed by atoms with Crippen LogP contribution in [0.3, 0.4) is 0 Å². The number of quaternary nitrogens is 1. The Balaban J connectivity index is 2.94.